The van der Waals surface area contributed by atoms with Crippen LogP contribution in [0.25, 0.3) is 0 Å². The first-order valence-electron chi connectivity index (χ1n) is 9.92. The number of benzene rings is 2. The lowest BCUT2D eigenvalue weighted by molar-refractivity contribution is -0.134. The van der Waals surface area contributed by atoms with Crippen molar-refractivity contribution in [3.8, 4) is 23.0 Å². The predicted molar refractivity (Wildman–Crippen MR) is 115 cm³/mol. The van der Waals surface area contributed by atoms with Crippen molar-refractivity contribution in [2.45, 2.75) is 13.0 Å². The fraction of sp³-hybridized carbons (Fsp3) is 0.391. The number of hydrogen-bond donors (Lipinski definition) is 0. The van der Waals surface area contributed by atoms with Gasteiger partial charge in [0, 0.05) is 27.2 Å². The minimum atomic E-state index is -0.228. The molecule has 0 unspecified atom stereocenters. The molecule has 1 aliphatic heterocycles. The van der Waals surface area contributed by atoms with Crippen molar-refractivity contribution in [3.05, 3.63) is 47.0 Å². The van der Waals surface area contributed by atoms with Crippen molar-refractivity contribution in [2.75, 3.05) is 48.6 Å². The Morgan fingerprint density at radius 1 is 0.968 bits per heavy atom. The normalized spacial score (nSPS) is 12.6. The van der Waals surface area contributed by atoms with Crippen molar-refractivity contribution < 1.29 is 28.5 Å². The first kappa shape index (κ1) is 22.3. The molecule has 0 saturated carbocycles. The molecule has 0 bridgehead atoms. The third kappa shape index (κ3) is 4.68. The first-order chi connectivity index (χ1) is 14.9. The van der Waals surface area contributed by atoms with Crippen LogP contribution in [0.2, 0.25) is 0 Å². The largest absolute Gasteiger partial charge is 0.493 e. The maximum absolute atomic E-state index is 12.9. The average Bonchev–Trinajstić information content (AvgIpc) is 2.80. The van der Waals surface area contributed by atoms with Gasteiger partial charge in [0.05, 0.1) is 26.9 Å². The summed E-state index contributed by atoms with van der Waals surface area (Å²) in [5, 5.41) is 0. The van der Waals surface area contributed by atoms with Gasteiger partial charge in [0.15, 0.2) is 29.6 Å². The van der Waals surface area contributed by atoms with Crippen LogP contribution in [0.3, 0.4) is 0 Å². The van der Waals surface area contributed by atoms with Crippen LogP contribution in [0.4, 0.5) is 0 Å². The van der Waals surface area contributed by atoms with Crippen LogP contribution >= 0.6 is 0 Å². The number of carbonyl (C=O) groups excluding carboxylic acids is 2. The van der Waals surface area contributed by atoms with Gasteiger partial charge in [-0.2, -0.15) is 0 Å². The van der Waals surface area contributed by atoms with Gasteiger partial charge >= 0.3 is 0 Å². The van der Waals surface area contributed by atoms with Crippen molar-refractivity contribution in [2.24, 2.45) is 0 Å². The number of carbonyl (C=O) groups is 2. The second-order valence-corrected chi connectivity index (χ2v) is 7.37. The van der Waals surface area contributed by atoms with Crippen LogP contribution in [0.5, 0.6) is 23.0 Å². The molecule has 0 N–H and O–H groups in total. The summed E-state index contributed by atoms with van der Waals surface area (Å²) in [5.41, 5.74) is 2.49. The van der Waals surface area contributed by atoms with E-state index in [9.17, 15) is 9.59 Å². The van der Waals surface area contributed by atoms with Gasteiger partial charge in [-0.1, -0.05) is 6.07 Å². The summed E-state index contributed by atoms with van der Waals surface area (Å²) in [5.74, 6) is 1.58. The topological polar surface area (TPSA) is 77.5 Å². The summed E-state index contributed by atoms with van der Waals surface area (Å²) in [7, 11) is 8.00. The molecule has 0 aliphatic carbocycles. The van der Waals surface area contributed by atoms with Gasteiger partial charge in [0.1, 0.15) is 0 Å². The SMILES string of the molecule is COc1cc2c(cc1OC)CN(C(=O)COc1c(OC)cccc1C(=O)N(C)C)CC2. The van der Waals surface area contributed by atoms with E-state index in [1.165, 1.54) is 12.0 Å². The zero-order valence-corrected chi connectivity index (χ0v) is 18.6. The minimum absolute atomic E-state index is 0.172. The zero-order chi connectivity index (χ0) is 22.5. The van der Waals surface area contributed by atoms with E-state index < -0.39 is 0 Å². The van der Waals surface area contributed by atoms with Crippen LogP contribution in [-0.4, -0.2) is 70.2 Å². The van der Waals surface area contributed by atoms with Gasteiger partial charge in [-0.3, -0.25) is 9.59 Å². The fourth-order valence-corrected chi connectivity index (χ4v) is 3.56. The maximum atomic E-state index is 12.9. The number of amides is 2. The number of nitrogens with zero attached hydrogens (tertiary/aromatic N) is 2. The Morgan fingerprint density at radius 2 is 1.61 bits per heavy atom. The predicted octanol–water partition coefficient (Wildman–Crippen LogP) is 2.38. The van der Waals surface area contributed by atoms with E-state index in [1.807, 2.05) is 12.1 Å². The summed E-state index contributed by atoms with van der Waals surface area (Å²) in [6.07, 6.45) is 0.709. The molecule has 1 aliphatic rings. The van der Waals surface area contributed by atoms with Gasteiger partial charge < -0.3 is 28.7 Å². The average molecular weight is 428 g/mol. The molecule has 31 heavy (non-hydrogen) atoms. The summed E-state index contributed by atoms with van der Waals surface area (Å²) in [4.78, 5) is 28.6. The molecular formula is C23H28N2O6. The molecule has 0 atom stereocenters. The number of fused-ring (bicyclic) bond motifs is 1. The van der Waals surface area contributed by atoms with Crippen molar-refractivity contribution >= 4 is 11.8 Å². The van der Waals surface area contributed by atoms with Gasteiger partial charge in [0.25, 0.3) is 11.8 Å². The van der Waals surface area contributed by atoms with Gasteiger partial charge in [-0.15, -0.1) is 0 Å². The molecule has 2 aromatic rings. The Kier molecular flexibility index (Phi) is 6.89. The van der Waals surface area contributed by atoms with E-state index in [4.69, 9.17) is 18.9 Å². The Balaban J connectivity index is 1.75. The molecule has 8 heteroatoms. The Labute approximate surface area is 182 Å². The highest BCUT2D eigenvalue weighted by atomic mass is 16.5. The van der Waals surface area contributed by atoms with Crippen molar-refractivity contribution in [1.29, 1.82) is 0 Å². The molecule has 1 heterocycles. The Hall–Kier alpha value is -3.42. The van der Waals surface area contributed by atoms with Crippen molar-refractivity contribution in [3.63, 3.8) is 0 Å². The number of para-hydroxylation sites is 1. The van der Waals surface area contributed by atoms with E-state index >= 15 is 0 Å². The van der Waals surface area contributed by atoms with Crippen LogP contribution < -0.4 is 18.9 Å². The second-order valence-electron chi connectivity index (χ2n) is 7.37. The molecule has 2 aromatic carbocycles. The smallest absolute Gasteiger partial charge is 0.260 e. The highest BCUT2D eigenvalue weighted by Gasteiger charge is 2.25. The van der Waals surface area contributed by atoms with Crippen molar-refractivity contribution in [1.82, 2.24) is 9.80 Å². The monoisotopic (exact) mass is 428 g/mol. The molecule has 2 amide bonds. The van der Waals surface area contributed by atoms with E-state index in [1.54, 1.807) is 51.4 Å². The number of hydrogen-bond acceptors (Lipinski definition) is 6. The summed E-state index contributed by atoms with van der Waals surface area (Å²) in [6.45, 7) is 0.823. The lowest BCUT2D eigenvalue weighted by atomic mass is 9.99. The summed E-state index contributed by atoms with van der Waals surface area (Å²) in [6, 6.07) is 8.93. The molecule has 0 fully saturated rings. The van der Waals surface area contributed by atoms with Crippen LogP contribution in [0.15, 0.2) is 30.3 Å². The van der Waals surface area contributed by atoms with E-state index in [0.717, 1.165) is 11.1 Å². The lowest BCUT2D eigenvalue weighted by Gasteiger charge is -2.29. The molecule has 0 aromatic heterocycles. The van der Waals surface area contributed by atoms with Gasteiger partial charge in [0.2, 0.25) is 0 Å². The number of ether oxygens (including phenoxy) is 4. The van der Waals surface area contributed by atoms with Crippen LogP contribution in [0, 0.1) is 0 Å². The maximum Gasteiger partial charge on any atom is 0.260 e. The molecule has 8 nitrogen and oxygen atoms in total. The number of methoxy groups -OCH3 is 3. The lowest BCUT2D eigenvalue weighted by Crippen LogP contribution is -2.39. The standard InChI is InChI=1S/C23H28N2O6/c1-24(2)23(27)17-7-6-8-18(28-3)22(17)31-14-21(26)25-10-9-15-11-19(29-4)20(30-5)12-16(15)13-25/h6-8,11-12H,9-10,13-14H2,1-5H3. The Morgan fingerprint density at radius 3 is 2.23 bits per heavy atom. The molecule has 166 valence electrons. The molecular weight excluding hydrogens is 400 g/mol. The van der Waals surface area contributed by atoms with Crippen LogP contribution in [0.1, 0.15) is 21.5 Å². The summed E-state index contributed by atoms with van der Waals surface area (Å²) >= 11 is 0. The Bertz CT molecular complexity index is 973. The molecule has 3 rings (SSSR count). The van der Waals surface area contributed by atoms with Gasteiger partial charge in [-0.25, -0.2) is 0 Å². The third-order valence-corrected chi connectivity index (χ3v) is 5.25. The minimum Gasteiger partial charge on any atom is -0.493 e. The van der Waals surface area contributed by atoms with E-state index in [-0.39, 0.29) is 24.2 Å². The highest BCUT2D eigenvalue weighted by molar-refractivity contribution is 5.97. The molecule has 0 radical (unpaired) electrons. The molecule has 0 spiro atoms. The van der Waals surface area contributed by atoms with E-state index in [2.05, 4.69) is 0 Å². The summed E-state index contributed by atoms with van der Waals surface area (Å²) < 4.78 is 21.9. The van der Waals surface area contributed by atoms with Gasteiger partial charge in [-0.05, 0) is 41.8 Å². The first-order valence-corrected chi connectivity index (χ1v) is 9.92. The van der Waals surface area contributed by atoms with E-state index in [0.29, 0.717) is 42.3 Å². The number of rotatable bonds is 7. The zero-order valence-electron chi connectivity index (χ0n) is 18.6. The third-order valence-electron chi connectivity index (χ3n) is 5.25. The fourth-order valence-electron chi connectivity index (χ4n) is 3.56. The molecule has 0 saturated heterocycles. The second kappa shape index (κ2) is 9.59. The quantitative estimate of drug-likeness (QED) is 0.674. The highest BCUT2D eigenvalue weighted by Crippen LogP contribution is 2.34. The van der Waals surface area contributed by atoms with Crippen LogP contribution in [-0.2, 0) is 17.8 Å².